The molecule has 1 saturated heterocycles. The minimum Gasteiger partial charge on any atom is -0.445 e. The first-order valence-corrected chi connectivity index (χ1v) is 7.68. The molecule has 0 bridgehead atoms. The molecule has 3 atom stereocenters. The summed E-state index contributed by atoms with van der Waals surface area (Å²) in [5.74, 6) is 0. The summed E-state index contributed by atoms with van der Waals surface area (Å²) in [6.45, 7) is 1.25. The SMILES string of the molecule is C[C@@H]1CCC[C@@H](C[C@@H](O)CO)N1C(=O)OCC(Cl)(Cl)Cl. The van der Waals surface area contributed by atoms with Crippen LogP contribution in [0.3, 0.4) is 0 Å². The number of rotatable bonds is 4. The summed E-state index contributed by atoms with van der Waals surface area (Å²) in [5, 5.41) is 18.5. The van der Waals surface area contributed by atoms with Gasteiger partial charge in [-0.05, 0) is 32.6 Å². The lowest BCUT2D eigenvalue weighted by Gasteiger charge is -2.40. The van der Waals surface area contributed by atoms with E-state index < -0.39 is 16.0 Å². The molecule has 1 rings (SSSR count). The number of aliphatic hydroxyl groups is 2. The van der Waals surface area contributed by atoms with Crippen molar-refractivity contribution in [1.29, 1.82) is 0 Å². The number of amides is 1. The standard InChI is InChI=1S/C12H20Cl3NO4/c1-8-3-2-4-9(5-10(18)6-17)16(8)11(19)20-7-12(13,14)15/h8-10,17-18H,2-7H2,1H3/t8-,9+,10-/m1/s1. The van der Waals surface area contributed by atoms with Gasteiger partial charge in [0.15, 0.2) is 0 Å². The molecular formula is C12H20Cl3NO4. The minimum atomic E-state index is -1.64. The van der Waals surface area contributed by atoms with Crippen LogP contribution in [0.5, 0.6) is 0 Å². The molecule has 1 heterocycles. The van der Waals surface area contributed by atoms with E-state index in [4.69, 9.17) is 44.6 Å². The van der Waals surface area contributed by atoms with Crippen LogP contribution in [-0.2, 0) is 4.74 Å². The number of hydrogen-bond donors (Lipinski definition) is 2. The van der Waals surface area contributed by atoms with Crippen LogP contribution in [0.1, 0.15) is 32.6 Å². The molecule has 1 aliphatic rings. The van der Waals surface area contributed by atoms with Crippen LogP contribution in [0.15, 0.2) is 0 Å². The zero-order valence-corrected chi connectivity index (χ0v) is 13.5. The van der Waals surface area contributed by atoms with Gasteiger partial charge in [0.05, 0.1) is 12.7 Å². The van der Waals surface area contributed by atoms with E-state index in [9.17, 15) is 9.90 Å². The minimum absolute atomic E-state index is 0.0116. The highest BCUT2D eigenvalue weighted by Crippen LogP contribution is 2.29. The Balaban J connectivity index is 2.66. The number of aliphatic hydroxyl groups excluding tert-OH is 2. The average Bonchev–Trinajstić information content (AvgIpc) is 2.35. The predicted molar refractivity (Wildman–Crippen MR) is 78.3 cm³/mol. The lowest BCUT2D eigenvalue weighted by Crippen LogP contribution is -2.50. The summed E-state index contributed by atoms with van der Waals surface area (Å²) >= 11 is 16.7. The highest BCUT2D eigenvalue weighted by molar-refractivity contribution is 6.67. The van der Waals surface area contributed by atoms with E-state index >= 15 is 0 Å². The van der Waals surface area contributed by atoms with Crippen molar-refractivity contribution in [2.45, 2.75) is 54.6 Å². The molecule has 5 nitrogen and oxygen atoms in total. The van der Waals surface area contributed by atoms with Gasteiger partial charge in [0.2, 0.25) is 3.79 Å². The van der Waals surface area contributed by atoms with Crippen molar-refractivity contribution in [3.05, 3.63) is 0 Å². The van der Waals surface area contributed by atoms with E-state index in [1.165, 1.54) is 0 Å². The van der Waals surface area contributed by atoms with Crippen molar-refractivity contribution < 1.29 is 19.7 Å². The van der Waals surface area contributed by atoms with Gasteiger partial charge in [-0.15, -0.1) is 0 Å². The Bertz CT molecular complexity index is 324. The summed E-state index contributed by atoms with van der Waals surface area (Å²) in [4.78, 5) is 13.7. The fraction of sp³-hybridized carbons (Fsp3) is 0.917. The molecule has 1 aliphatic heterocycles. The van der Waals surface area contributed by atoms with E-state index in [-0.39, 0.29) is 25.3 Å². The topological polar surface area (TPSA) is 70.0 Å². The molecule has 2 N–H and O–H groups in total. The maximum atomic E-state index is 12.1. The second-order valence-electron chi connectivity index (χ2n) is 5.08. The number of carbonyl (C=O) groups is 1. The Morgan fingerprint density at radius 3 is 2.65 bits per heavy atom. The first kappa shape index (κ1) is 18.1. The van der Waals surface area contributed by atoms with Crippen LogP contribution in [0, 0.1) is 0 Å². The molecule has 0 radical (unpaired) electrons. The van der Waals surface area contributed by atoms with Gasteiger partial charge in [0.1, 0.15) is 6.61 Å². The van der Waals surface area contributed by atoms with Gasteiger partial charge in [0.25, 0.3) is 0 Å². The summed E-state index contributed by atoms with van der Waals surface area (Å²) in [5.41, 5.74) is 0. The fourth-order valence-corrected chi connectivity index (χ4v) is 2.62. The summed E-state index contributed by atoms with van der Waals surface area (Å²) in [6, 6.07) is -0.189. The van der Waals surface area contributed by atoms with Crippen LogP contribution < -0.4 is 0 Å². The predicted octanol–water partition coefficient (Wildman–Crippen LogP) is 2.48. The molecule has 1 amide bonds. The molecule has 0 aromatic rings. The van der Waals surface area contributed by atoms with Crippen LogP contribution in [0.4, 0.5) is 4.79 Å². The number of carbonyl (C=O) groups excluding carboxylic acids is 1. The number of nitrogens with zero attached hydrogens (tertiary/aromatic N) is 1. The number of piperidine rings is 1. The van der Waals surface area contributed by atoms with E-state index in [2.05, 4.69) is 0 Å². The van der Waals surface area contributed by atoms with Crippen molar-refractivity contribution in [2.24, 2.45) is 0 Å². The van der Waals surface area contributed by atoms with E-state index in [1.54, 1.807) is 4.90 Å². The van der Waals surface area contributed by atoms with Gasteiger partial charge >= 0.3 is 6.09 Å². The van der Waals surface area contributed by atoms with Crippen molar-refractivity contribution in [3.8, 4) is 0 Å². The largest absolute Gasteiger partial charge is 0.445 e. The Labute approximate surface area is 133 Å². The van der Waals surface area contributed by atoms with Crippen LogP contribution in [0.25, 0.3) is 0 Å². The van der Waals surface area contributed by atoms with Crippen molar-refractivity contribution in [2.75, 3.05) is 13.2 Å². The third-order valence-electron chi connectivity index (χ3n) is 3.35. The molecule has 0 spiro atoms. The van der Waals surface area contributed by atoms with Crippen molar-refractivity contribution in [1.82, 2.24) is 4.90 Å². The molecule has 1 fully saturated rings. The highest BCUT2D eigenvalue weighted by Gasteiger charge is 2.35. The number of likely N-dealkylation sites (tertiary alicyclic amines) is 1. The third kappa shape index (κ3) is 5.82. The van der Waals surface area contributed by atoms with E-state index in [1.807, 2.05) is 6.92 Å². The quantitative estimate of drug-likeness (QED) is 0.766. The summed E-state index contributed by atoms with van der Waals surface area (Å²) < 4.78 is 3.36. The third-order valence-corrected chi connectivity index (χ3v) is 3.68. The maximum absolute atomic E-state index is 12.1. The zero-order valence-electron chi connectivity index (χ0n) is 11.3. The van der Waals surface area contributed by atoms with Gasteiger partial charge in [-0.1, -0.05) is 34.8 Å². The lowest BCUT2D eigenvalue weighted by molar-refractivity contribution is 0.0180. The molecule has 0 aromatic heterocycles. The van der Waals surface area contributed by atoms with Gasteiger partial charge in [0, 0.05) is 12.1 Å². The summed E-state index contributed by atoms with van der Waals surface area (Å²) in [7, 11) is 0. The first-order chi connectivity index (χ1) is 9.24. The van der Waals surface area contributed by atoms with Crippen molar-refractivity contribution in [3.63, 3.8) is 0 Å². The zero-order chi connectivity index (χ0) is 15.3. The van der Waals surface area contributed by atoms with E-state index in [0.717, 1.165) is 19.3 Å². The smallest absolute Gasteiger partial charge is 0.410 e. The van der Waals surface area contributed by atoms with Gasteiger partial charge in [-0.25, -0.2) is 4.79 Å². The van der Waals surface area contributed by atoms with Gasteiger partial charge in [-0.3, -0.25) is 0 Å². The van der Waals surface area contributed by atoms with E-state index in [0.29, 0.717) is 6.42 Å². The molecule has 20 heavy (non-hydrogen) atoms. The molecular weight excluding hydrogens is 328 g/mol. The van der Waals surface area contributed by atoms with Crippen LogP contribution >= 0.6 is 34.8 Å². The highest BCUT2D eigenvalue weighted by atomic mass is 35.6. The molecule has 0 saturated carbocycles. The Morgan fingerprint density at radius 1 is 1.45 bits per heavy atom. The lowest BCUT2D eigenvalue weighted by atomic mass is 9.93. The van der Waals surface area contributed by atoms with Crippen LogP contribution in [-0.4, -0.2) is 56.4 Å². The Morgan fingerprint density at radius 2 is 2.10 bits per heavy atom. The average molecular weight is 349 g/mol. The molecule has 0 aliphatic carbocycles. The Kier molecular flexibility index (Phi) is 7.15. The normalized spacial score (nSPS) is 25.4. The molecule has 118 valence electrons. The number of alkyl halides is 3. The molecule has 0 unspecified atom stereocenters. The fourth-order valence-electron chi connectivity index (χ4n) is 2.45. The van der Waals surface area contributed by atoms with Crippen LogP contribution in [0.2, 0.25) is 0 Å². The van der Waals surface area contributed by atoms with Gasteiger partial charge < -0.3 is 19.8 Å². The number of hydrogen-bond acceptors (Lipinski definition) is 4. The second-order valence-corrected chi connectivity index (χ2v) is 7.60. The monoisotopic (exact) mass is 347 g/mol. The number of ether oxygens (including phenoxy) is 1. The second kappa shape index (κ2) is 7.90. The maximum Gasteiger partial charge on any atom is 0.410 e. The first-order valence-electron chi connectivity index (χ1n) is 6.55. The number of halogens is 3. The Hall–Kier alpha value is 0.0600. The molecule has 0 aromatic carbocycles. The van der Waals surface area contributed by atoms with Gasteiger partial charge in [-0.2, -0.15) is 0 Å². The molecule has 8 heteroatoms. The van der Waals surface area contributed by atoms with Crippen molar-refractivity contribution >= 4 is 40.9 Å². The summed E-state index contributed by atoms with van der Waals surface area (Å²) in [6.07, 6.45) is 1.47.